The van der Waals surface area contributed by atoms with Gasteiger partial charge in [0.1, 0.15) is 6.04 Å². The summed E-state index contributed by atoms with van der Waals surface area (Å²) in [6.07, 6.45) is 3.33. The lowest BCUT2D eigenvalue weighted by molar-refractivity contribution is -0.150. The van der Waals surface area contributed by atoms with Crippen LogP contribution in [-0.2, 0) is 9.53 Å². The highest BCUT2D eigenvalue weighted by Gasteiger charge is 2.37. The van der Waals surface area contributed by atoms with Gasteiger partial charge in [-0.15, -0.1) is 0 Å². The van der Waals surface area contributed by atoms with Crippen molar-refractivity contribution in [1.29, 1.82) is 0 Å². The van der Waals surface area contributed by atoms with E-state index in [1.807, 2.05) is 6.92 Å². The van der Waals surface area contributed by atoms with Gasteiger partial charge < -0.3 is 4.74 Å². The Kier molecular flexibility index (Phi) is 5.26. The first-order valence-corrected chi connectivity index (χ1v) is 6.52. The van der Waals surface area contributed by atoms with E-state index >= 15 is 0 Å². The molecule has 0 aliphatic heterocycles. The molecule has 0 amide bonds. The Morgan fingerprint density at radius 2 is 2.00 bits per heavy atom. The number of hydrogen-bond acceptors (Lipinski definition) is 3. The molecule has 0 aromatic rings. The standard InChI is InChI=1S/C13H25NO2/c1-5-12(13(15)16-6-2)14(9-10(3)4)11-7-8-11/h10-12H,5-9H2,1-4H3. The Balaban J connectivity index is 2.61. The molecule has 1 rings (SSSR count). The van der Waals surface area contributed by atoms with Crippen molar-refractivity contribution in [3.63, 3.8) is 0 Å². The highest BCUT2D eigenvalue weighted by Crippen LogP contribution is 2.30. The lowest BCUT2D eigenvalue weighted by Gasteiger charge is -2.30. The van der Waals surface area contributed by atoms with Crippen LogP contribution in [0.25, 0.3) is 0 Å². The molecule has 0 radical (unpaired) electrons. The SMILES string of the molecule is CCOC(=O)C(CC)N(CC(C)C)C1CC1. The van der Waals surface area contributed by atoms with Gasteiger partial charge in [0.2, 0.25) is 0 Å². The Morgan fingerprint density at radius 1 is 1.38 bits per heavy atom. The molecule has 0 N–H and O–H groups in total. The minimum absolute atomic E-state index is 0.0325. The Labute approximate surface area is 99.1 Å². The second-order valence-electron chi connectivity index (χ2n) is 5.00. The average Bonchev–Trinajstić information content (AvgIpc) is 3.00. The van der Waals surface area contributed by atoms with Crippen LogP contribution in [0.3, 0.4) is 0 Å². The summed E-state index contributed by atoms with van der Waals surface area (Å²) < 4.78 is 5.15. The van der Waals surface area contributed by atoms with Crippen LogP contribution in [0.1, 0.15) is 47.0 Å². The maximum absolute atomic E-state index is 11.9. The lowest BCUT2D eigenvalue weighted by atomic mass is 10.1. The van der Waals surface area contributed by atoms with Crippen LogP contribution in [0.2, 0.25) is 0 Å². The summed E-state index contributed by atoms with van der Waals surface area (Å²) in [6, 6.07) is 0.589. The zero-order valence-electron chi connectivity index (χ0n) is 11.0. The van der Waals surface area contributed by atoms with Crippen LogP contribution in [0.5, 0.6) is 0 Å². The molecule has 0 aromatic carbocycles. The van der Waals surface area contributed by atoms with E-state index in [2.05, 4.69) is 25.7 Å². The quantitative estimate of drug-likeness (QED) is 0.626. The highest BCUT2D eigenvalue weighted by atomic mass is 16.5. The Morgan fingerprint density at radius 3 is 2.38 bits per heavy atom. The Bertz CT molecular complexity index is 224. The summed E-state index contributed by atoms with van der Waals surface area (Å²) in [5, 5.41) is 0. The maximum atomic E-state index is 11.9. The molecule has 16 heavy (non-hydrogen) atoms. The molecule has 1 atom stereocenters. The smallest absolute Gasteiger partial charge is 0.323 e. The highest BCUT2D eigenvalue weighted by molar-refractivity contribution is 5.75. The monoisotopic (exact) mass is 227 g/mol. The lowest BCUT2D eigenvalue weighted by Crippen LogP contribution is -2.45. The summed E-state index contributed by atoms with van der Waals surface area (Å²) in [6.45, 7) is 9.82. The van der Waals surface area contributed by atoms with Crippen LogP contribution in [0, 0.1) is 5.92 Å². The number of esters is 1. The van der Waals surface area contributed by atoms with Crippen molar-refractivity contribution in [1.82, 2.24) is 4.90 Å². The van der Waals surface area contributed by atoms with Crippen LogP contribution in [0.15, 0.2) is 0 Å². The molecule has 3 nitrogen and oxygen atoms in total. The van der Waals surface area contributed by atoms with Gasteiger partial charge in [0.15, 0.2) is 0 Å². The molecule has 0 spiro atoms. The van der Waals surface area contributed by atoms with Gasteiger partial charge in [-0.2, -0.15) is 0 Å². The van der Waals surface area contributed by atoms with Gasteiger partial charge in [0.25, 0.3) is 0 Å². The van der Waals surface area contributed by atoms with Gasteiger partial charge in [0.05, 0.1) is 6.61 Å². The van der Waals surface area contributed by atoms with Crippen molar-refractivity contribution in [2.45, 2.75) is 59.0 Å². The third kappa shape index (κ3) is 3.78. The largest absolute Gasteiger partial charge is 0.465 e. The van der Waals surface area contributed by atoms with E-state index in [1.165, 1.54) is 12.8 Å². The molecule has 1 unspecified atom stereocenters. The molecular weight excluding hydrogens is 202 g/mol. The zero-order chi connectivity index (χ0) is 12.1. The van der Waals surface area contributed by atoms with Gasteiger partial charge in [-0.05, 0) is 32.1 Å². The summed E-state index contributed by atoms with van der Waals surface area (Å²) in [4.78, 5) is 14.2. The van der Waals surface area contributed by atoms with Gasteiger partial charge >= 0.3 is 5.97 Å². The number of nitrogens with zero attached hydrogens (tertiary/aromatic N) is 1. The zero-order valence-corrected chi connectivity index (χ0v) is 11.0. The second kappa shape index (κ2) is 6.24. The summed E-state index contributed by atoms with van der Waals surface area (Å²) in [5.74, 6) is 0.557. The molecule has 1 aliphatic rings. The van der Waals surface area contributed by atoms with E-state index in [0.29, 0.717) is 18.6 Å². The first-order valence-electron chi connectivity index (χ1n) is 6.52. The molecule has 1 saturated carbocycles. The number of hydrogen-bond donors (Lipinski definition) is 0. The third-order valence-electron chi connectivity index (χ3n) is 2.94. The van der Waals surface area contributed by atoms with Crippen molar-refractivity contribution in [3.05, 3.63) is 0 Å². The minimum atomic E-state index is -0.0439. The fourth-order valence-electron chi connectivity index (χ4n) is 2.13. The van der Waals surface area contributed by atoms with Crippen molar-refractivity contribution >= 4 is 5.97 Å². The maximum Gasteiger partial charge on any atom is 0.323 e. The van der Waals surface area contributed by atoms with Crippen LogP contribution in [0.4, 0.5) is 0 Å². The molecule has 94 valence electrons. The summed E-state index contributed by atoms with van der Waals surface area (Å²) >= 11 is 0. The van der Waals surface area contributed by atoms with Gasteiger partial charge in [0, 0.05) is 12.6 Å². The van der Waals surface area contributed by atoms with Gasteiger partial charge in [-0.3, -0.25) is 9.69 Å². The van der Waals surface area contributed by atoms with E-state index in [4.69, 9.17) is 4.74 Å². The number of carbonyl (C=O) groups is 1. The predicted octanol–water partition coefficient (Wildman–Crippen LogP) is 2.45. The number of ether oxygens (including phenoxy) is 1. The van der Waals surface area contributed by atoms with E-state index in [9.17, 15) is 4.79 Å². The fourth-order valence-corrected chi connectivity index (χ4v) is 2.13. The predicted molar refractivity (Wildman–Crippen MR) is 65.3 cm³/mol. The third-order valence-corrected chi connectivity index (χ3v) is 2.94. The first kappa shape index (κ1) is 13.5. The van der Waals surface area contributed by atoms with Crippen molar-refractivity contribution < 1.29 is 9.53 Å². The fraction of sp³-hybridized carbons (Fsp3) is 0.923. The molecule has 0 bridgehead atoms. The van der Waals surface area contributed by atoms with Crippen molar-refractivity contribution in [3.8, 4) is 0 Å². The molecule has 1 aliphatic carbocycles. The minimum Gasteiger partial charge on any atom is -0.465 e. The van der Waals surface area contributed by atoms with Gasteiger partial charge in [-0.25, -0.2) is 0 Å². The van der Waals surface area contributed by atoms with E-state index in [0.717, 1.165) is 13.0 Å². The average molecular weight is 227 g/mol. The molecule has 0 heterocycles. The number of carbonyl (C=O) groups excluding carboxylic acids is 1. The molecule has 1 fully saturated rings. The molecule has 0 aromatic heterocycles. The van der Waals surface area contributed by atoms with Crippen LogP contribution >= 0.6 is 0 Å². The second-order valence-corrected chi connectivity index (χ2v) is 5.00. The topological polar surface area (TPSA) is 29.5 Å². The van der Waals surface area contributed by atoms with E-state index in [-0.39, 0.29) is 12.0 Å². The number of rotatable bonds is 7. The van der Waals surface area contributed by atoms with E-state index in [1.54, 1.807) is 0 Å². The summed E-state index contributed by atoms with van der Waals surface area (Å²) in [5.41, 5.74) is 0. The van der Waals surface area contributed by atoms with Gasteiger partial charge in [-0.1, -0.05) is 20.8 Å². The molecule has 0 saturated heterocycles. The van der Waals surface area contributed by atoms with Crippen molar-refractivity contribution in [2.75, 3.05) is 13.2 Å². The first-order chi connectivity index (χ1) is 7.60. The Hall–Kier alpha value is -0.570. The molecule has 3 heteroatoms. The van der Waals surface area contributed by atoms with Crippen molar-refractivity contribution in [2.24, 2.45) is 5.92 Å². The molecular formula is C13H25NO2. The van der Waals surface area contributed by atoms with Crippen LogP contribution < -0.4 is 0 Å². The van der Waals surface area contributed by atoms with E-state index < -0.39 is 0 Å². The summed E-state index contributed by atoms with van der Waals surface area (Å²) in [7, 11) is 0. The van der Waals surface area contributed by atoms with Crippen LogP contribution in [-0.4, -0.2) is 36.1 Å². The normalized spacial score (nSPS) is 17.9.